The van der Waals surface area contributed by atoms with Gasteiger partial charge in [-0.15, -0.1) is 6.42 Å². The van der Waals surface area contributed by atoms with Crippen LogP contribution in [-0.4, -0.2) is 36.5 Å². The van der Waals surface area contributed by atoms with Crippen molar-refractivity contribution in [3.63, 3.8) is 0 Å². The molecule has 1 aliphatic rings. The van der Waals surface area contributed by atoms with Crippen molar-refractivity contribution in [1.29, 1.82) is 0 Å². The number of hydrogen-bond donors (Lipinski definition) is 1. The largest absolute Gasteiger partial charge is 0.339 e. The van der Waals surface area contributed by atoms with E-state index in [2.05, 4.69) is 18.2 Å². The highest BCUT2D eigenvalue weighted by Gasteiger charge is 2.23. The molecule has 0 saturated carbocycles. The first-order valence-electron chi connectivity index (χ1n) is 4.69. The average molecular weight is 180 g/mol. The van der Waals surface area contributed by atoms with Gasteiger partial charge in [-0.05, 0) is 19.8 Å². The van der Waals surface area contributed by atoms with Crippen LogP contribution in [0.3, 0.4) is 0 Å². The van der Waals surface area contributed by atoms with E-state index >= 15 is 0 Å². The maximum atomic E-state index is 11.5. The van der Waals surface area contributed by atoms with Crippen LogP contribution in [0.15, 0.2) is 0 Å². The van der Waals surface area contributed by atoms with Crippen molar-refractivity contribution in [2.45, 2.75) is 25.8 Å². The normalized spacial score (nSPS) is 21.5. The standard InChI is InChI=1S/C10H16N2O/c1-3-6-11-8-10(13)12-7-4-5-9(12)2/h1,9,11H,4-8H2,2H3. The minimum absolute atomic E-state index is 0.167. The average Bonchev–Trinajstić information content (AvgIpc) is 2.52. The van der Waals surface area contributed by atoms with Crippen molar-refractivity contribution < 1.29 is 4.79 Å². The lowest BCUT2D eigenvalue weighted by atomic mass is 10.2. The number of likely N-dealkylation sites (tertiary alicyclic amines) is 1. The van der Waals surface area contributed by atoms with Gasteiger partial charge in [0, 0.05) is 12.6 Å². The molecule has 0 aromatic heterocycles. The number of carbonyl (C=O) groups excluding carboxylic acids is 1. The maximum absolute atomic E-state index is 11.5. The second-order valence-corrected chi connectivity index (χ2v) is 3.39. The van der Waals surface area contributed by atoms with Gasteiger partial charge in [0.15, 0.2) is 0 Å². The smallest absolute Gasteiger partial charge is 0.236 e. The fourth-order valence-electron chi connectivity index (χ4n) is 1.65. The molecule has 72 valence electrons. The summed E-state index contributed by atoms with van der Waals surface area (Å²) >= 11 is 0. The molecule has 1 N–H and O–H groups in total. The van der Waals surface area contributed by atoms with Crippen LogP contribution in [0, 0.1) is 12.3 Å². The third-order valence-corrected chi connectivity index (χ3v) is 2.38. The molecule has 1 fully saturated rings. The zero-order valence-electron chi connectivity index (χ0n) is 8.05. The third-order valence-electron chi connectivity index (χ3n) is 2.38. The molecule has 3 nitrogen and oxygen atoms in total. The third kappa shape index (κ3) is 2.74. The minimum atomic E-state index is 0.167. The molecule has 0 radical (unpaired) electrons. The van der Waals surface area contributed by atoms with Gasteiger partial charge >= 0.3 is 0 Å². The van der Waals surface area contributed by atoms with E-state index in [9.17, 15) is 4.79 Å². The second-order valence-electron chi connectivity index (χ2n) is 3.39. The van der Waals surface area contributed by atoms with Gasteiger partial charge in [0.25, 0.3) is 0 Å². The second kappa shape index (κ2) is 4.88. The molecule has 1 saturated heterocycles. The van der Waals surface area contributed by atoms with Crippen LogP contribution >= 0.6 is 0 Å². The Morgan fingerprint density at radius 2 is 2.54 bits per heavy atom. The quantitative estimate of drug-likeness (QED) is 0.498. The number of rotatable bonds is 3. The van der Waals surface area contributed by atoms with Crippen molar-refractivity contribution in [3.8, 4) is 12.3 Å². The van der Waals surface area contributed by atoms with Crippen LogP contribution in [0.4, 0.5) is 0 Å². The highest BCUT2D eigenvalue weighted by atomic mass is 16.2. The number of nitrogens with zero attached hydrogens (tertiary/aromatic N) is 1. The first-order chi connectivity index (χ1) is 6.25. The number of nitrogens with one attached hydrogen (secondary N) is 1. The molecule has 1 amide bonds. The van der Waals surface area contributed by atoms with Crippen LogP contribution in [-0.2, 0) is 4.79 Å². The number of hydrogen-bond acceptors (Lipinski definition) is 2. The highest BCUT2D eigenvalue weighted by molar-refractivity contribution is 5.78. The number of terminal acetylenes is 1. The van der Waals surface area contributed by atoms with Crippen LogP contribution in [0.5, 0.6) is 0 Å². The van der Waals surface area contributed by atoms with E-state index in [1.807, 2.05) is 4.90 Å². The lowest BCUT2D eigenvalue weighted by molar-refractivity contribution is -0.130. The summed E-state index contributed by atoms with van der Waals surface area (Å²) in [6.07, 6.45) is 7.31. The van der Waals surface area contributed by atoms with E-state index in [4.69, 9.17) is 6.42 Å². The first kappa shape index (κ1) is 10.1. The highest BCUT2D eigenvalue weighted by Crippen LogP contribution is 2.15. The van der Waals surface area contributed by atoms with Crippen LogP contribution in [0.2, 0.25) is 0 Å². The monoisotopic (exact) mass is 180 g/mol. The molecule has 1 rings (SSSR count). The Labute approximate surface area is 79.5 Å². The van der Waals surface area contributed by atoms with Gasteiger partial charge < -0.3 is 4.90 Å². The summed E-state index contributed by atoms with van der Waals surface area (Å²) in [7, 11) is 0. The zero-order chi connectivity index (χ0) is 9.68. The molecule has 1 unspecified atom stereocenters. The van der Waals surface area contributed by atoms with Gasteiger partial charge in [0.1, 0.15) is 0 Å². The first-order valence-corrected chi connectivity index (χ1v) is 4.69. The van der Waals surface area contributed by atoms with Gasteiger partial charge in [-0.3, -0.25) is 10.1 Å². The summed E-state index contributed by atoms with van der Waals surface area (Å²) in [5.74, 6) is 2.61. The van der Waals surface area contributed by atoms with E-state index in [1.165, 1.54) is 0 Å². The van der Waals surface area contributed by atoms with Crippen LogP contribution in [0.1, 0.15) is 19.8 Å². The Kier molecular flexibility index (Phi) is 3.78. The summed E-state index contributed by atoms with van der Waals surface area (Å²) in [5.41, 5.74) is 0. The molecule has 13 heavy (non-hydrogen) atoms. The van der Waals surface area contributed by atoms with E-state index < -0.39 is 0 Å². The van der Waals surface area contributed by atoms with Gasteiger partial charge in [-0.25, -0.2) is 0 Å². The summed E-state index contributed by atoms with van der Waals surface area (Å²) < 4.78 is 0. The number of carbonyl (C=O) groups is 1. The van der Waals surface area contributed by atoms with Crippen LogP contribution < -0.4 is 5.32 Å². The zero-order valence-corrected chi connectivity index (χ0v) is 8.05. The molecule has 1 heterocycles. The Morgan fingerprint density at radius 1 is 1.77 bits per heavy atom. The Balaban J connectivity index is 2.27. The Morgan fingerprint density at radius 3 is 3.08 bits per heavy atom. The molecular weight excluding hydrogens is 164 g/mol. The van der Waals surface area contributed by atoms with E-state index in [-0.39, 0.29) is 5.91 Å². The SMILES string of the molecule is C#CCNCC(=O)N1CCCC1C. The molecule has 0 aromatic carbocycles. The van der Waals surface area contributed by atoms with Crippen molar-refractivity contribution in [2.75, 3.05) is 19.6 Å². The van der Waals surface area contributed by atoms with Gasteiger partial charge in [-0.1, -0.05) is 5.92 Å². The lowest BCUT2D eigenvalue weighted by Gasteiger charge is -2.21. The van der Waals surface area contributed by atoms with Gasteiger partial charge in [-0.2, -0.15) is 0 Å². The van der Waals surface area contributed by atoms with E-state index in [1.54, 1.807) is 0 Å². The van der Waals surface area contributed by atoms with Crippen molar-refractivity contribution in [2.24, 2.45) is 0 Å². The van der Waals surface area contributed by atoms with E-state index in [0.717, 1.165) is 19.4 Å². The lowest BCUT2D eigenvalue weighted by Crippen LogP contribution is -2.40. The van der Waals surface area contributed by atoms with E-state index in [0.29, 0.717) is 19.1 Å². The molecular formula is C10H16N2O. The summed E-state index contributed by atoms with van der Waals surface area (Å²) in [4.78, 5) is 13.4. The Bertz CT molecular complexity index is 219. The number of amides is 1. The summed E-state index contributed by atoms with van der Waals surface area (Å²) in [5, 5.41) is 2.90. The molecule has 3 heteroatoms. The topological polar surface area (TPSA) is 32.3 Å². The molecule has 0 spiro atoms. The Hall–Kier alpha value is -1.01. The molecule has 1 atom stereocenters. The summed E-state index contributed by atoms with van der Waals surface area (Å²) in [6, 6.07) is 0.403. The predicted molar refractivity (Wildman–Crippen MR) is 52.1 cm³/mol. The van der Waals surface area contributed by atoms with Crippen LogP contribution in [0.25, 0.3) is 0 Å². The van der Waals surface area contributed by atoms with Crippen molar-refractivity contribution in [3.05, 3.63) is 0 Å². The van der Waals surface area contributed by atoms with Crippen molar-refractivity contribution in [1.82, 2.24) is 10.2 Å². The fourth-order valence-corrected chi connectivity index (χ4v) is 1.65. The molecule has 0 bridgehead atoms. The molecule has 1 aliphatic heterocycles. The maximum Gasteiger partial charge on any atom is 0.236 e. The predicted octanol–water partition coefficient (Wildman–Crippen LogP) is 0.220. The molecule has 0 aromatic rings. The van der Waals surface area contributed by atoms with Gasteiger partial charge in [0.2, 0.25) is 5.91 Å². The van der Waals surface area contributed by atoms with Crippen molar-refractivity contribution >= 4 is 5.91 Å². The fraction of sp³-hybridized carbons (Fsp3) is 0.700. The minimum Gasteiger partial charge on any atom is -0.339 e. The summed E-state index contributed by atoms with van der Waals surface area (Å²) in [6.45, 7) is 3.83. The van der Waals surface area contributed by atoms with Gasteiger partial charge in [0.05, 0.1) is 13.1 Å². The molecule has 0 aliphatic carbocycles.